The first kappa shape index (κ1) is 10.3. The van der Waals surface area contributed by atoms with Crippen molar-refractivity contribution in [1.29, 1.82) is 5.26 Å². The van der Waals surface area contributed by atoms with Crippen molar-refractivity contribution in [1.82, 2.24) is 0 Å². The van der Waals surface area contributed by atoms with Gasteiger partial charge in [0, 0.05) is 5.56 Å². The van der Waals surface area contributed by atoms with Crippen molar-refractivity contribution in [2.75, 3.05) is 7.11 Å². The molecule has 0 N–H and O–H groups in total. The number of halogens is 1. The highest BCUT2D eigenvalue weighted by atomic mass is 19.1. The van der Waals surface area contributed by atoms with E-state index in [1.807, 2.05) is 6.07 Å². The van der Waals surface area contributed by atoms with Gasteiger partial charge in [0.15, 0.2) is 0 Å². The number of rotatable bonds is 2. The molecular formula is C11H10FNO. The lowest BCUT2D eigenvalue weighted by Gasteiger charge is -2.06. The first-order chi connectivity index (χ1) is 6.72. The molecule has 0 aliphatic carbocycles. The molecular weight excluding hydrogens is 181 g/mol. The first-order valence-electron chi connectivity index (χ1n) is 4.13. The standard InChI is InChI=1S/C11H10FNO/c1-3-8(7-13)10-6-9(12)4-5-11(10)14-2/h3-6H,1-2H3/b8-3+. The average molecular weight is 191 g/mol. The molecule has 3 heteroatoms. The van der Waals surface area contributed by atoms with Crippen LogP contribution in [-0.4, -0.2) is 7.11 Å². The third kappa shape index (κ3) is 1.91. The highest BCUT2D eigenvalue weighted by Gasteiger charge is 2.08. The summed E-state index contributed by atoms with van der Waals surface area (Å²) in [6, 6.07) is 6.08. The molecule has 0 aromatic heterocycles. The summed E-state index contributed by atoms with van der Waals surface area (Å²) in [4.78, 5) is 0. The van der Waals surface area contributed by atoms with Crippen molar-refractivity contribution >= 4 is 5.57 Å². The summed E-state index contributed by atoms with van der Waals surface area (Å²) >= 11 is 0. The molecule has 0 aliphatic rings. The van der Waals surface area contributed by atoms with E-state index < -0.39 is 0 Å². The molecule has 14 heavy (non-hydrogen) atoms. The molecule has 0 radical (unpaired) electrons. The normalized spacial score (nSPS) is 10.9. The summed E-state index contributed by atoms with van der Waals surface area (Å²) in [6.07, 6.45) is 1.62. The Balaban J connectivity index is 3.31. The monoisotopic (exact) mass is 191 g/mol. The number of hydrogen-bond donors (Lipinski definition) is 0. The number of nitriles is 1. The summed E-state index contributed by atoms with van der Waals surface area (Å²) in [7, 11) is 1.49. The Hall–Kier alpha value is -1.82. The van der Waals surface area contributed by atoms with Gasteiger partial charge >= 0.3 is 0 Å². The van der Waals surface area contributed by atoms with Gasteiger partial charge in [-0.25, -0.2) is 4.39 Å². The van der Waals surface area contributed by atoms with Gasteiger partial charge in [0.25, 0.3) is 0 Å². The highest BCUT2D eigenvalue weighted by molar-refractivity contribution is 5.79. The van der Waals surface area contributed by atoms with Gasteiger partial charge in [-0.05, 0) is 25.1 Å². The topological polar surface area (TPSA) is 33.0 Å². The van der Waals surface area contributed by atoms with Crippen LogP contribution in [0.15, 0.2) is 24.3 Å². The van der Waals surface area contributed by atoms with E-state index in [1.54, 1.807) is 13.0 Å². The van der Waals surface area contributed by atoms with Gasteiger partial charge in [-0.2, -0.15) is 5.26 Å². The number of ether oxygens (including phenoxy) is 1. The van der Waals surface area contributed by atoms with Crippen LogP contribution in [0.3, 0.4) is 0 Å². The van der Waals surface area contributed by atoms with Crippen LogP contribution in [-0.2, 0) is 0 Å². The zero-order valence-corrected chi connectivity index (χ0v) is 8.04. The van der Waals surface area contributed by atoms with Crippen LogP contribution in [0, 0.1) is 17.1 Å². The van der Waals surface area contributed by atoms with E-state index in [-0.39, 0.29) is 5.82 Å². The van der Waals surface area contributed by atoms with E-state index in [1.165, 1.54) is 25.3 Å². The maximum absolute atomic E-state index is 12.9. The Bertz CT molecular complexity index is 404. The number of benzene rings is 1. The second-order valence-corrected chi connectivity index (χ2v) is 2.66. The fourth-order valence-electron chi connectivity index (χ4n) is 1.17. The van der Waals surface area contributed by atoms with Crippen LogP contribution in [0.25, 0.3) is 5.57 Å². The molecule has 0 amide bonds. The Morgan fingerprint density at radius 1 is 1.57 bits per heavy atom. The molecule has 0 unspecified atom stereocenters. The summed E-state index contributed by atoms with van der Waals surface area (Å²) in [6.45, 7) is 1.73. The Labute approximate surface area is 82.2 Å². The Morgan fingerprint density at radius 2 is 2.29 bits per heavy atom. The van der Waals surface area contributed by atoms with Crippen LogP contribution in [0.5, 0.6) is 5.75 Å². The van der Waals surface area contributed by atoms with Crippen LogP contribution in [0.2, 0.25) is 0 Å². The molecule has 72 valence electrons. The zero-order chi connectivity index (χ0) is 10.6. The molecule has 1 aromatic rings. The van der Waals surface area contributed by atoms with Gasteiger partial charge in [-0.1, -0.05) is 6.08 Å². The van der Waals surface area contributed by atoms with Crippen molar-refractivity contribution in [3.63, 3.8) is 0 Å². The van der Waals surface area contributed by atoms with Gasteiger partial charge in [0.05, 0.1) is 18.8 Å². The lowest BCUT2D eigenvalue weighted by atomic mass is 10.1. The van der Waals surface area contributed by atoms with E-state index in [4.69, 9.17) is 10.00 Å². The molecule has 0 aliphatic heterocycles. The van der Waals surface area contributed by atoms with E-state index >= 15 is 0 Å². The van der Waals surface area contributed by atoms with Crippen molar-refractivity contribution in [2.45, 2.75) is 6.92 Å². The van der Waals surface area contributed by atoms with E-state index in [9.17, 15) is 4.39 Å². The van der Waals surface area contributed by atoms with E-state index in [0.29, 0.717) is 16.9 Å². The highest BCUT2D eigenvalue weighted by Crippen LogP contribution is 2.26. The van der Waals surface area contributed by atoms with Crippen molar-refractivity contribution in [3.8, 4) is 11.8 Å². The quantitative estimate of drug-likeness (QED) is 0.673. The molecule has 0 saturated carbocycles. The van der Waals surface area contributed by atoms with Gasteiger partial charge in [-0.15, -0.1) is 0 Å². The summed E-state index contributed by atoms with van der Waals surface area (Å²) in [5, 5.41) is 8.79. The van der Waals surface area contributed by atoms with E-state index in [2.05, 4.69) is 0 Å². The van der Waals surface area contributed by atoms with Gasteiger partial charge in [-0.3, -0.25) is 0 Å². The van der Waals surface area contributed by atoms with Crippen LogP contribution >= 0.6 is 0 Å². The van der Waals surface area contributed by atoms with Crippen molar-refractivity contribution < 1.29 is 9.13 Å². The number of methoxy groups -OCH3 is 1. The van der Waals surface area contributed by atoms with Crippen LogP contribution in [0.4, 0.5) is 4.39 Å². The smallest absolute Gasteiger partial charge is 0.127 e. The maximum Gasteiger partial charge on any atom is 0.127 e. The molecule has 0 bridgehead atoms. The van der Waals surface area contributed by atoms with Crippen LogP contribution < -0.4 is 4.74 Å². The van der Waals surface area contributed by atoms with Crippen molar-refractivity contribution in [3.05, 3.63) is 35.7 Å². The predicted octanol–water partition coefficient (Wildman–Crippen LogP) is 2.76. The third-order valence-corrected chi connectivity index (χ3v) is 1.86. The van der Waals surface area contributed by atoms with Crippen molar-refractivity contribution in [2.24, 2.45) is 0 Å². The largest absolute Gasteiger partial charge is 0.496 e. The fourth-order valence-corrected chi connectivity index (χ4v) is 1.17. The fraction of sp³-hybridized carbons (Fsp3) is 0.182. The molecule has 0 saturated heterocycles. The van der Waals surface area contributed by atoms with E-state index in [0.717, 1.165) is 0 Å². The molecule has 1 rings (SSSR count). The average Bonchev–Trinajstić information content (AvgIpc) is 2.20. The minimum absolute atomic E-state index is 0.379. The third-order valence-electron chi connectivity index (χ3n) is 1.86. The minimum atomic E-state index is -0.379. The Kier molecular flexibility index (Phi) is 3.24. The molecule has 0 heterocycles. The molecule has 0 fully saturated rings. The molecule has 0 atom stereocenters. The van der Waals surface area contributed by atoms with Crippen LogP contribution in [0.1, 0.15) is 12.5 Å². The summed E-state index contributed by atoms with van der Waals surface area (Å²) in [5.41, 5.74) is 0.888. The lowest BCUT2D eigenvalue weighted by Crippen LogP contribution is -1.91. The Morgan fingerprint density at radius 3 is 2.79 bits per heavy atom. The van der Waals surface area contributed by atoms with Gasteiger partial charge in [0.1, 0.15) is 11.6 Å². The molecule has 0 spiro atoms. The predicted molar refractivity (Wildman–Crippen MR) is 52.2 cm³/mol. The minimum Gasteiger partial charge on any atom is -0.496 e. The van der Waals surface area contributed by atoms with Gasteiger partial charge in [0.2, 0.25) is 0 Å². The summed E-state index contributed by atoms with van der Waals surface area (Å²) in [5.74, 6) is 0.122. The number of hydrogen-bond acceptors (Lipinski definition) is 2. The first-order valence-corrected chi connectivity index (χ1v) is 4.13. The maximum atomic E-state index is 12.9. The zero-order valence-electron chi connectivity index (χ0n) is 8.04. The lowest BCUT2D eigenvalue weighted by molar-refractivity contribution is 0.412. The molecule has 1 aromatic carbocycles. The second-order valence-electron chi connectivity index (χ2n) is 2.66. The second kappa shape index (κ2) is 4.43. The SMILES string of the molecule is C/C=C(\C#N)c1cc(F)ccc1OC. The number of nitrogens with zero attached hydrogens (tertiary/aromatic N) is 1. The molecule has 2 nitrogen and oxygen atoms in total. The number of allylic oxidation sites excluding steroid dienone is 2. The van der Waals surface area contributed by atoms with Gasteiger partial charge < -0.3 is 4.74 Å². The summed E-state index contributed by atoms with van der Waals surface area (Å²) < 4.78 is 18.0.